The van der Waals surface area contributed by atoms with Gasteiger partial charge < -0.3 is 14.5 Å². The van der Waals surface area contributed by atoms with E-state index in [1.165, 1.54) is 59.0 Å². The molecule has 0 unspecified atom stereocenters. The fraction of sp³-hybridized carbons (Fsp3) is 0.933. The standard InChI is InChI=1S/C15H29N3O2/c1-20-15(19)14-18-12-10-17(11-13-18)9-5-8-16-6-3-2-4-7-16/h2-14H2,1H3. The van der Waals surface area contributed by atoms with Crippen LogP contribution in [0.1, 0.15) is 25.7 Å². The van der Waals surface area contributed by atoms with Crippen molar-refractivity contribution in [1.82, 2.24) is 14.7 Å². The van der Waals surface area contributed by atoms with Crippen molar-refractivity contribution in [2.45, 2.75) is 25.7 Å². The first-order valence-electron chi connectivity index (χ1n) is 8.02. The molecule has 20 heavy (non-hydrogen) atoms. The van der Waals surface area contributed by atoms with Crippen LogP contribution in [0.2, 0.25) is 0 Å². The number of piperazine rings is 1. The predicted octanol–water partition coefficient (Wildman–Crippen LogP) is 0.653. The molecule has 116 valence electrons. The van der Waals surface area contributed by atoms with E-state index in [4.69, 9.17) is 4.74 Å². The topological polar surface area (TPSA) is 36.0 Å². The Morgan fingerprint density at radius 1 is 0.850 bits per heavy atom. The summed E-state index contributed by atoms with van der Waals surface area (Å²) in [6.45, 7) is 9.62. The van der Waals surface area contributed by atoms with Crippen LogP contribution in [0.25, 0.3) is 0 Å². The van der Waals surface area contributed by atoms with Crippen LogP contribution in [0.3, 0.4) is 0 Å². The number of hydrogen-bond acceptors (Lipinski definition) is 5. The van der Waals surface area contributed by atoms with Crippen LogP contribution in [0.4, 0.5) is 0 Å². The van der Waals surface area contributed by atoms with E-state index in [9.17, 15) is 4.79 Å². The van der Waals surface area contributed by atoms with Gasteiger partial charge in [-0.05, 0) is 45.4 Å². The van der Waals surface area contributed by atoms with Crippen molar-refractivity contribution in [3.63, 3.8) is 0 Å². The van der Waals surface area contributed by atoms with Crippen LogP contribution in [0.15, 0.2) is 0 Å². The molecule has 0 bridgehead atoms. The first-order valence-corrected chi connectivity index (χ1v) is 8.02. The first-order chi connectivity index (χ1) is 9.78. The molecule has 0 radical (unpaired) electrons. The molecule has 2 heterocycles. The van der Waals surface area contributed by atoms with E-state index in [1.807, 2.05) is 0 Å². The Kier molecular flexibility index (Phi) is 6.76. The maximum Gasteiger partial charge on any atom is 0.319 e. The van der Waals surface area contributed by atoms with Crippen molar-refractivity contribution in [2.24, 2.45) is 0 Å². The molecule has 0 saturated carbocycles. The molecule has 2 saturated heterocycles. The molecule has 0 aromatic heterocycles. The van der Waals surface area contributed by atoms with Crippen molar-refractivity contribution >= 4 is 5.97 Å². The molecular formula is C15H29N3O2. The second-order valence-electron chi connectivity index (χ2n) is 5.95. The summed E-state index contributed by atoms with van der Waals surface area (Å²) in [5, 5.41) is 0. The number of methoxy groups -OCH3 is 1. The van der Waals surface area contributed by atoms with E-state index in [0.717, 1.165) is 26.2 Å². The van der Waals surface area contributed by atoms with Gasteiger partial charge in [-0.3, -0.25) is 9.69 Å². The Hall–Kier alpha value is -0.650. The monoisotopic (exact) mass is 283 g/mol. The fourth-order valence-electron chi connectivity index (χ4n) is 3.12. The number of rotatable bonds is 6. The van der Waals surface area contributed by atoms with E-state index >= 15 is 0 Å². The number of likely N-dealkylation sites (tertiary alicyclic amines) is 1. The lowest BCUT2D eigenvalue weighted by atomic mass is 10.1. The number of carbonyl (C=O) groups excluding carboxylic acids is 1. The van der Waals surface area contributed by atoms with Gasteiger partial charge in [0, 0.05) is 26.2 Å². The summed E-state index contributed by atoms with van der Waals surface area (Å²) in [4.78, 5) is 18.5. The van der Waals surface area contributed by atoms with Gasteiger partial charge in [0.15, 0.2) is 0 Å². The molecular weight excluding hydrogens is 254 g/mol. The largest absolute Gasteiger partial charge is 0.468 e. The zero-order valence-corrected chi connectivity index (χ0v) is 12.9. The molecule has 2 rings (SSSR count). The van der Waals surface area contributed by atoms with Crippen molar-refractivity contribution < 1.29 is 9.53 Å². The van der Waals surface area contributed by atoms with E-state index in [-0.39, 0.29) is 5.97 Å². The summed E-state index contributed by atoms with van der Waals surface area (Å²) in [6, 6.07) is 0. The summed E-state index contributed by atoms with van der Waals surface area (Å²) in [6.07, 6.45) is 5.45. The van der Waals surface area contributed by atoms with Crippen molar-refractivity contribution in [3.05, 3.63) is 0 Å². The van der Waals surface area contributed by atoms with E-state index in [1.54, 1.807) is 0 Å². The van der Waals surface area contributed by atoms with Crippen LogP contribution in [-0.4, -0.2) is 86.7 Å². The Morgan fingerprint density at radius 3 is 2.00 bits per heavy atom. The van der Waals surface area contributed by atoms with E-state index in [2.05, 4.69) is 14.7 Å². The van der Waals surface area contributed by atoms with E-state index < -0.39 is 0 Å². The van der Waals surface area contributed by atoms with Gasteiger partial charge in [0.05, 0.1) is 13.7 Å². The third kappa shape index (κ3) is 5.38. The fourth-order valence-corrected chi connectivity index (χ4v) is 3.12. The highest BCUT2D eigenvalue weighted by Gasteiger charge is 2.19. The zero-order chi connectivity index (χ0) is 14.2. The average molecular weight is 283 g/mol. The highest BCUT2D eigenvalue weighted by atomic mass is 16.5. The Labute approximate surface area is 122 Å². The zero-order valence-electron chi connectivity index (χ0n) is 12.9. The number of piperidine rings is 1. The molecule has 2 aliphatic heterocycles. The van der Waals surface area contributed by atoms with Crippen LogP contribution >= 0.6 is 0 Å². The second-order valence-corrected chi connectivity index (χ2v) is 5.95. The summed E-state index contributed by atoms with van der Waals surface area (Å²) < 4.78 is 4.71. The molecule has 0 atom stereocenters. The molecule has 2 fully saturated rings. The summed E-state index contributed by atoms with van der Waals surface area (Å²) in [5.74, 6) is -0.122. The van der Waals surface area contributed by atoms with Gasteiger partial charge in [0.25, 0.3) is 0 Å². The SMILES string of the molecule is COC(=O)CN1CCN(CCCN2CCCCC2)CC1. The van der Waals surface area contributed by atoms with E-state index in [0.29, 0.717) is 6.54 Å². The van der Waals surface area contributed by atoms with Crippen molar-refractivity contribution in [3.8, 4) is 0 Å². The lowest BCUT2D eigenvalue weighted by molar-refractivity contribution is -0.142. The van der Waals surface area contributed by atoms with Crippen molar-refractivity contribution in [1.29, 1.82) is 0 Å². The lowest BCUT2D eigenvalue weighted by Gasteiger charge is -2.34. The number of nitrogens with zero attached hydrogens (tertiary/aromatic N) is 3. The summed E-state index contributed by atoms with van der Waals surface area (Å²) in [7, 11) is 1.46. The Balaban J connectivity index is 1.54. The molecule has 5 heteroatoms. The van der Waals surface area contributed by atoms with Gasteiger partial charge in [-0.15, -0.1) is 0 Å². The highest BCUT2D eigenvalue weighted by molar-refractivity contribution is 5.71. The molecule has 0 aliphatic carbocycles. The number of hydrogen-bond donors (Lipinski definition) is 0. The molecule has 0 N–H and O–H groups in total. The Bertz CT molecular complexity index is 285. The normalized spacial score (nSPS) is 22.9. The van der Waals surface area contributed by atoms with Gasteiger partial charge in [-0.1, -0.05) is 6.42 Å². The van der Waals surface area contributed by atoms with Gasteiger partial charge >= 0.3 is 5.97 Å². The minimum Gasteiger partial charge on any atom is -0.468 e. The maximum absolute atomic E-state index is 11.2. The second kappa shape index (κ2) is 8.60. The molecule has 0 amide bonds. The number of carbonyl (C=O) groups is 1. The molecule has 0 aromatic carbocycles. The Morgan fingerprint density at radius 2 is 1.40 bits per heavy atom. The van der Waals surface area contributed by atoms with Gasteiger partial charge in [-0.25, -0.2) is 0 Å². The van der Waals surface area contributed by atoms with Gasteiger partial charge in [-0.2, -0.15) is 0 Å². The van der Waals surface area contributed by atoms with Gasteiger partial charge in [0.1, 0.15) is 0 Å². The van der Waals surface area contributed by atoms with Crippen LogP contribution in [0.5, 0.6) is 0 Å². The minimum atomic E-state index is -0.122. The summed E-state index contributed by atoms with van der Waals surface area (Å²) >= 11 is 0. The first kappa shape index (κ1) is 15.7. The van der Waals surface area contributed by atoms with Crippen LogP contribution in [-0.2, 0) is 9.53 Å². The van der Waals surface area contributed by atoms with Crippen LogP contribution in [0, 0.1) is 0 Å². The third-order valence-electron chi connectivity index (χ3n) is 4.44. The minimum absolute atomic E-state index is 0.122. The molecule has 2 aliphatic rings. The van der Waals surface area contributed by atoms with Crippen molar-refractivity contribution in [2.75, 3.05) is 66.0 Å². The number of ether oxygens (including phenoxy) is 1. The molecule has 0 spiro atoms. The highest BCUT2D eigenvalue weighted by Crippen LogP contribution is 2.09. The quantitative estimate of drug-likeness (QED) is 0.669. The molecule has 0 aromatic rings. The van der Waals surface area contributed by atoms with Crippen LogP contribution < -0.4 is 0 Å². The molecule has 5 nitrogen and oxygen atoms in total. The number of esters is 1. The maximum atomic E-state index is 11.2. The lowest BCUT2D eigenvalue weighted by Crippen LogP contribution is -2.48. The smallest absolute Gasteiger partial charge is 0.319 e. The predicted molar refractivity (Wildman–Crippen MR) is 79.8 cm³/mol. The van der Waals surface area contributed by atoms with Gasteiger partial charge in [0.2, 0.25) is 0 Å². The third-order valence-corrected chi connectivity index (χ3v) is 4.44. The summed E-state index contributed by atoms with van der Waals surface area (Å²) in [5.41, 5.74) is 0. The average Bonchev–Trinajstić information content (AvgIpc) is 2.50.